The Bertz CT molecular complexity index is 1060. The van der Waals surface area contributed by atoms with Crippen LogP contribution >= 0.6 is 0 Å². The molecule has 5 N–H and O–H groups in total. The number of esters is 2. The number of ketones is 1. The Hall–Kier alpha value is -1.89. The van der Waals surface area contributed by atoms with Crippen LogP contribution in [0.1, 0.15) is 33.6 Å². The number of ether oxygens (including phenoxy) is 3. The van der Waals surface area contributed by atoms with Crippen LogP contribution in [0.4, 0.5) is 0 Å². The predicted molar refractivity (Wildman–Crippen MR) is 119 cm³/mol. The molecule has 2 bridgehead atoms. The van der Waals surface area contributed by atoms with Gasteiger partial charge in [-0.15, -0.1) is 0 Å². The predicted octanol–water partition coefficient (Wildman–Crippen LogP) is -1.59. The van der Waals surface area contributed by atoms with Gasteiger partial charge in [0.1, 0.15) is 24.4 Å². The van der Waals surface area contributed by atoms with E-state index in [0.29, 0.717) is 12.0 Å². The fourth-order valence-electron chi connectivity index (χ4n) is 8.84. The molecule has 3 saturated heterocycles. The summed E-state index contributed by atoms with van der Waals surface area (Å²) in [5, 5.41) is 47.1. The number of fused-ring (bicyclic) bond motifs is 1. The molecule has 0 aromatic rings. The second kappa shape index (κ2) is 7.58. The molecular weight excluding hydrogens is 474 g/mol. The Morgan fingerprint density at radius 3 is 2.61 bits per heavy atom. The molecular formula is C25H33NO10. The molecule has 0 aromatic heterocycles. The van der Waals surface area contributed by atoms with Crippen molar-refractivity contribution < 1.29 is 49.0 Å². The van der Waals surface area contributed by atoms with Gasteiger partial charge in [-0.05, 0) is 31.3 Å². The molecule has 0 radical (unpaired) electrons. The van der Waals surface area contributed by atoms with Gasteiger partial charge in [0, 0.05) is 35.6 Å². The summed E-state index contributed by atoms with van der Waals surface area (Å²) in [6.45, 7) is 5.29. The van der Waals surface area contributed by atoms with Crippen molar-refractivity contribution in [3.8, 4) is 0 Å². The topological polar surface area (TPSA) is 172 Å². The average molecular weight is 508 g/mol. The van der Waals surface area contributed by atoms with E-state index in [1.807, 2.05) is 0 Å². The van der Waals surface area contributed by atoms with Gasteiger partial charge in [-0.25, -0.2) is 4.79 Å². The van der Waals surface area contributed by atoms with E-state index in [1.54, 1.807) is 20.8 Å². The van der Waals surface area contributed by atoms with Crippen LogP contribution in [0, 0.1) is 34.5 Å². The van der Waals surface area contributed by atoms with Crippen LogP contribution in [-0.2, 0) is 28.6 Å². The molecule has 3 aliphatic heterocycles. The maximum Gasteiger partial charge on any atom is 0.348 e. The van der Waals surface area contributed by atoms with Crippen LogP contribution in [0.3, 0.4) is 0 Å². The Labute approximate surface area is 207 Å². The van der Waals surface area contributed by atoms with Crippen LogP contribution in [0.2, 0.25) is 0 Å². The van der Waals surface area contributed by atoms with Crippen LogP contribution in [0.5, 0.6) is 0 Å². The zero-order chi connectivity index (χ0) is 25.9. The van der Waals surface area contributed by atoms with Crippen molar-refractivity contribution >= 4 is 17.7 Å². The smallest absolute Gasteiger partial charge is 0.348 e. The number of nitrogens with one attached hydrogen (secondary N) is 1. The lowest BCUT2D eigenvalue weighted by Gasteiger charge is -2.68. The van der Waals surface area contributed by atoms with E-state index in [9.17, 15) is 34.8 Å². The first kappa shape index (κ1) is 24.4. The molecule has 11 heteroatoms. The number of hydrogen-bond donors (Lipinski definition) is 5. The molecule has 0 unspecified atom stereocenters. The third kappa shape index (κ3) is 2.76. The Morgan fingerprint density at radius 1 is 1.22 bits per heavy atom. The summed E-state index contributed by atoms with van der Waals surface area (Å²) >= 11 is 0. The lowest BCUT2D eigenvalue weighted by atomic mass is 9.38. The van der Waals surface area contributed by atoms with Gasteiger partial charge in [0.2, 0.25) is 6.10 Å². The molecule has 11 nitrogen and oxygen atoms in total. The molecule has 6 aliphatic rings. The molecule has 6 rings (SSSR count). The maximum absolute atomic E-state index is 13.3. The normalized spacial score (nSPS) is 55.4. The summed E-state index contributed by atoms with van der Waals surface area (Å²) in [7, 11) is 0. The number of allylic oxidation sites excluding steroid dienone is 1. The molecule has 3 heterocycles. The Kier molecular flexibility index (Phi) is 5.15. The second-order valence-electron chi connectivity index (χ2n) is 11.9. The molecule has 36 heavy (non-hydrogen) atoms. The van der Waals surface area contributed by atoms with Gasteiger partial charge in [0.15, 0.2) is 11.6 Å². The molecule has 0 amide bonds. The molecule has 198 valence electrons. The summed E-state index contributed by atoms with van der Waals surface area (Å²) in [5.41, 5.74) is -1.64. The lowest BCUT2D eigenvalue weighted by molar-refractivity contribution is -0.340. The van der Waals surface area contributed by atoms with E-state index in [-0.39, 0.29) is 19.6 Å². The standard InChI is InChI=1S/C25H33NO10/c1-9-4-14(28)19(30)23(3)12(9)6-15-24-8-34-25(33,22(23)24)18(29)10(2)16(24)17(21(32)35-15)36-20(31)13-5-11(27)7-26-13/h4,10-13,15-19,22,26-27,29-30,33H,5-8H2,1-3H3/t10-,11-,12+,13+,15-,16-,17-,18-,19-,22-,23-,24+,25-/m1/s1. The summed E-state index contributed by atoms with van der Waals surface area (Å²) in [4.78, 5) is 39.1. The van der Waals surface area contributed by atoms with Crippen LogP contribution in [0.25, 0.3) is 0 Å². The monoisotopic (exact) mass is 507 g/mol. The SMILES string of the molecule is CC1=CC(=O)[C@@H](O)[C@]2(C)[C@H]3[C@]4(O)OC[C@]35[C@H]([C@@H](C)[C@H]4O)[C@@H](OC(=O)[C@@H]3C[C@@H](O)CN3)C(=O)O[C@@H]5C[C@@H]12. The van der Waals surface area contributed by atoms with Gasteiger partial charge in [0.05, 0.1) is 12.7 Å². The van der Waals surface area contributed by atoms with E-state index >= 15 is 0 Å². The van der Waals surface area contributed by atoms with E-state index < -0.39 is 94.6 Å². The highest BCUT2D eigenvalue weighted by atomic mass is 16.7. The number of hydrogen-bond acceptors (Lipinski definition) is 11. The second-order valence-corrected chi connectivity index (χ2v) is 11.9. The summed E-state index contributed by atoms with van der Waals surface area (Å²) in [6.07, 6.45) is -3.97. The summed E-state index contributed by atoms with van der Waals surface area (Å²) < 4.78 is 17.6. The third-order valence-corrected chi connectivity index (χ3v) is 10.3. The molecule has 2 saturated carbocycles. The fraction of sp³-hybridized carbons (Fsp3) is 0.800. The van der Waals surface area contributed by atoms with Crippen molar-refractivity contribution in [2.75, 3.05) is 13.2 Å². The minimum absolute atomic E-state index is 0.0986. The average Bonchev–Trinajstić information content (AvgIpc) is 3.38. The highest BCUT2D eigenvalue weighted by molar-refractivity contribution is 5.96. The minimum atomic E-state index is -2.10. The first-order valence-corrected chi connectivity index (χ1v) is 12.6. The molecule has 13 atom stereocenters. The minimum Gasteiger partial charge on any atom is -0.459 e. The number of carbonyl (C=O) groups is 3. The largest absolute Gasteiger partial charge is 0.459 e. The zero-order valence-electron chi connectivity index (χ0n) is 20.4. The van der Waals surface area contributed by atoms with Gasteiger partial charge < -0.3 is 40.0 Å². The van der Waals surface area contributed by atoms with Crippen molar-refractivity contribution in [2.45, 2.75) is 76.0 Å². The van der Waals surface area contributed by atoms with Crippen molar-refractivity contribution in [2.24, 2.45) is 34.5 Å². The van der Waals surface area contributed by atoms with Gasteiger partial charge in [0.25, 0.3) is 0 Å². The fourth-order valence-corrected chi connectivity index (χ4v) is 8.84. The number of aliphatic hydroxyl groups is 4. The van der Waals surface area contributed by atoms with E-state index in [2.05, 4.69) is 5.32 Å². The number of β-amino-alcohol motifs (C(OH)–C–C–N with tert-alkyl or cyclic N) is 1. The van der Waals surface area contributed by atoms with Crippen molar-refractivity contribution in [1.82, 2.24) is 5.32 Å². The van der Waals surface area contributed by atoms with Crippen LogP contribution < -0.4 is 5.32 Å². The quantitative estimate of drug-likeness (QED) is 0.273. The molecule has 0 aromatic carbocycles. The van der Waals surface area contributed by atoms with Crippen molar-refractivity contribution in [1.29, 1.82) is 0 Å². The Balaban J connectivity index is 1.47. The van der Waals surface area contributed by atoms with E-state index in [4.69, 9.17) is 14.2 Å². The van der Waals surface area contributed by atoms with Crippen molar-refractivity contribution in [3.63, 3.8) is 0 Å². The highest BCUT2D eigenvalue weighted by Gasteiger charge is 2.83. The maximum atomic E-state index is 13.3. The third-order valence-electron chi connectivity index (χ3n) is 10.3. The highest BCUT2D eigenvalue weighted by Crippen LogP contribution is 2.73. The number of carbonyl (C=O) groups excluding carboxylic acids is 3. The summed E-state index contributed by atoms with van der Waals surface area (Å²) in [5.74, 6) is -6.99. The van der Waals surface area contributed by atoms with Crippen LogP contribution in [-0.4, -0.2) is 93.6 Å². The first-order valence-electron chi connectivity index (χ1n) is 12.6. The van der Waals surface area contributed by atoms with Crippen molar-refractivity contribution in [3.05, 3.63) is 11.6 Å². The number of rotatable bonds is 2. The Morgan fingerprint density at radius 2 is 1.94 bits per heavy atom. The zero-order valence-corrected chi connectivity index (χ0v) is 20.4. The van der Waals surface area contributed by atoms with Gasteiger partial charge in [-0.1, -0.05) is 19.4 Å². The van der Waals surface area contributed by atoms with Gasteiger partial charge >= 0.3 is 11.9 Å². The number of aliphatic hydroxyl groups excluding tert-OH is 3. The van der Waals surface area contributed by atoms with E-state index in [0.717, 1.165) is 0 Å². The summed E-state index contributed by atoms with van der Waals surface area (Å²) in [6, 6.07) is -0.793. The van der Waals surface area contributed by atoms with Gasteiger partial charge in [-0.3, -0.25) is 9.59 Å². The van der Waals surface area contributed by atoms with Crippen LogP contribution in [0.15, 0.2) is 11.6 Å². The van der Waals surface area contributed by atoms with Gasteiger partial charge in [-0.2, -0.15) is 0 Å². The molecule has 5 fully saturated rings. The molecule has 3 aliphatic carbocycles. The lowest BCUT2D eigenvalue weighted by Crippen LogP contribution is -2.78. The first-order chi connectivity index (χ1) is 16.9. The molecule has 1 spiro atoms. The van der Waals surface area contributed by atoms with E-state index in [1.165, 1.54) is 6.08 Å².